The fourth-order valence-corrected chi connectivity index (χ4v) is 3.47. The summed E-state index contributed by atoms with van der Waals surface area (Å²) in [5.41, 5.74) is 0. The Morgan fingerprint density at radius 2 is 2.05 bits per heavy atom. The molecule has 2 atom stereocenters. The molecule has 2 rings (SSSR count). The second-order valence-corrected chi connectivity index (χ2v) is 6.46. The van der Waals surface area contributed by atoms with Crippen LogP contribution in [0.25, 0.3) is 0 Å². The molecule has 124 valence electrons. The molecule has 0 unspecified atom stereocenters. The molecule has 1 aliphatic heterocycles. The Hall–Kier alpha value is -1.39. The van der Waals surface area contributed by atoms with Gasteiger partial charge in [0.05, 0.1) is 12.6 Å². The van der Waals surface area contributed by atoms with Crippen LogP contribution in [0.15, 0.2) is 12.2 Å². The van der Waals surface area contributed by atoms with Crippen LogP contribution >= 0.6 is 0 Å². The molecular formula is C17H27FN2O2. The number of rotatable bonds is 6. The summed E-state index contributed by atoms with van der Waals surface area (Å²) in [6.07, 6.45) is 8.53. The van der Waals surface area contributed by atoms with E-state index in [1.165, 1.54) is 12.8 Å². The third kappa shape index (κ3) is 4.82. The van der Waals surface area contributed by atoms with Gasteiger partial charge in [-0.15, -0.1) is 0 Å². The Balaban J connectivity index is 1.78. The lowest BCUT2D eigenvalue weighted by Gasteiger charge is -2.24. The van der Waals surface area contributed by atoms with Gasteiger partial charge < -0.3 is 10.2 Å². The fourth-order valence-electron chi connectivity index (χ4n) is 3.47. The smallest absolute Gasteiger partial charge is 0.226 e. The highest BCUT2D eigenvalue weighted by Crippen LogP contribution is 2.27. The molecule has 5 heteroatoms. The van der Waals surface area contributed by atoms with E-state index in [2.05, 4.69) is 5.32 Å². The quantitative estimate of drug-likeness (QED) is 0.767. The molecule has 1 saturated carbocycles. The van der Waals surface area contributed by atoms with Gasteiger partial charge in [-0.2, -0.15) is 0 Å². The van der Waals surface area contributed by atoms with Crippen LogP contribution in [0.3, 0.4) is 0 Å². The van der Waals surface area contributed by atoms with Crippen molar-refractivity contribution in [2.75, 3.05) is 13.1 Å². The molecule has 1 saturated heterocycles. The van der Waals surface area contributed by atoms with Crippen LogP contribution in [0.4, 0.5) is 4.39 Å². The average molecular weight is 310 g/mol. The zero-order chi connectivity index (χ0) is 15.9. The summed E-state index contributed by atoms with van der Waals surface area (Å²) in [7, 11) is 0. The molecule has 0 spiro atoms. The molecule has 2 fully saturated rings. The molecule has 1 aliphatic carbocycles. The van der Waals surface area contributed by atoms with Crippen LogP contribution < -0.4 is 5.32 Å². The van der Waals surface area contributed by atoms with E-state index in [4.69, 9.17) is 0 Å². The summed E-state index contributed by atoms with van der Waals surface area (Å²) < 4.78 is 13.6. The van der Waals surface area contributed by atoms with Gasteiger partial charge in [-0.3, -0.25) is 9.59 Å². The Bertz CT molecular complexity index is 419. The first-order chi connectivity index (χ1) is 10.6. The minimum Gasteiger partial charge on any atom is -0.354 e. The van der Waals surface area contributed by atoms with Gasteiger partial charge in [-0.25, -0.2) is 4.39 Å². The Morgan fingerprint density at radius 1 is 1.32 bits per heavy atom. The van der Waals surface area contributed by atoms with Gasteiger partial charge in [-0.1, -0.05) is 25.0 Å². The van der Waals surface area contributed by atoms with E-state index in [1.54, 1.807) is 11.0 Å². The minimum absolute atomic E-state index is 0.0371. The Morgan fingerprint density at radius 3 is 2.73 bits per heavy atom. The van der Waals surface area contributed by atoms with Gasteiger partial charge >= 0.3 is 0 Å². The topological polar surface area (TPSA) is 49.4 Å². The van der Waals surface area contributed by atoms with Crippen molar-refractivity contribution >= 4 is 11.8 Å². The maximum Gasteiger partial charge on any atom is 0.226 e. The molecule has 2 amide bonds. The van der Waals surface area contributed by atoms with Gasteiger partial charge in [0.15, 0.2) is 0 Å². The van der Waals surface area contributed by atoms with Crippen LogP contribution in [-0.2, 0) is 9.59 Å². The van der Waals surface area contributed by atoms with Crippen molar-refractivity contribution in [2.45, 2.75) is 64.1 Å². The molecule has 0 radical (unpaired) electrons. The molecule has 1 N–H and O–H groups in total. The molecule has 2 aliphatic rings. The van der Waals surface area contributed by atoms with E-state index in [0.717, 1.165) is 12.8 Å². The zero-order valence-corrected chi connectivity index (χ0v) is 13.4. The number of alkyl halides is 1. The number of nitrogens with one attached hydrogen (secondary N) is 1. The lowest BCUT2D eigenvalue weighted by molar-refractivity contribution is -0.132. The molecule has 1 heterocycles. The number of hydrogen-bond acceptors (Lipinski definition) is 2. The fraction of sp³-hybridized carbons (Fsp3) is 0.765. The molecular weight excluding hydrogens is 283 g/mol. The third-order valence-corrected chi connectivity index (χ3v) is 4.70. The monoisotopic (exact) mass is 310 g/mol. The highest BCUT2D eigenvalue weighted by Gasteiger charge is 2.34. The van der Waals surface area contributed by atoms with E-state index in [1.807, 2.05) is 13.0 Å². The Labute approximate surface area is 132 Å². The predicted octanol–water partition coefficient (Wildman–Crippen LogP) is 2.59. The van der Waals surface area contributed by atoms with Gasteiger partial charge in [0.1, 0.15) is 6.17 Å². The van der Waals surface area contributed by atoms with Crippen LogP contribution in [0, 0.1) is 5.92 Å². The first-order valence-corrected chi connectivity index (χ1v) is 8.41. The number of amides is 2. The predicted molar refractivity (Wildman–Crippen MR) is 84.0 cm³/mol. The number of hydrogen-bond donors (Lipinski definition) is 1. The number of carbonyl (C=O) groups excluding carboxylic acids is 2. The molecule has 0 aromatic carbocycles. The first-order valence-electron chi connectivity index (χ1n) is 8.41. The molecule has 0 aromatic heterocycles. The third-order valence-electron chi connectivity index (χ3n) is 4.70. The van der Waals surface area contributed by atoms with Crippen LogP contribution in [0.1, 0.15) is 51.9 Å². The van der Waals surface area contributed by atoms with Crippen molar-refractivity contribution in [3.05, 3.63) is 12.2 Å². The van der Waals surface area contributed by atoms with Crippen molar-refractivity contribution in [1.29, 1.82) is 0 Å². The summed E-state index contributed by atoms with van der Waals surface area (Å²) in [6, 6.07) is -0.208. The molecule has 0 aromatic rings. The first kappa shape index (κ1) is 17.0. The molecule has 4 nitrogen and oxygen atoms in total. The largest absolute Gasteiger partial charge is 0.354 e. The van der Waals surface area contributed by atoms with Crippen molar-refractivity contribution in [2.24, 2.45) is 5.92 Å². The lowest BCUT2D eigenvalue weighted by atomic mass is 10.0. The van der Waals surface area contributed by atoms with Crippen LogP contribution in [0.2, 0.25) is 0 Å². The van der Waals surface area contributed by atoms with Crippen LogP contribution in [-0.4, -0.2) is 42.0 Å². The van der Waals surface area contributed by atoms with Crippen molar-refractivity contribution < 1.29 is 14.0 Å². The molecule has 22 heavy (non-hydrogen) atoms. The summed E-state index contributed by atoms with van der Waals surface area (Å²) in [4.78, 5) is 25.6. The summed E-state index contributed by atoms with van der Waals surface area (Å²) in [5, 5.41) is 2.90. The van der Waals surface area contributed by atoms with Crippen molar-refractivity contribution in [3.63, 3.8) is 0 Å². The number of likely N-dealkylation sites (tertiary alicyclic amines) is 1. The summed E-state index contributed by atoms with van der Waals surface area (Å²) in [6.45, 7) is 2.38. The second-order valence-electron chi connectivity index (χ2n) is 6.46. The summed E-state index contributed by atoms with van der Waals surface area (Å²) >= 11 is 0. The number of halogens is 1. The Kier molecular flexibility index (Phi) is 6.40. The van der Waals surface area contributed by atoms with E-state index >= 15 is 0 Å². The zero-order valence-electron chi connectivity index (χ0n) is 13.4. The van der Waals surface area contributed by atoms with Crippen LogP contribution in [0.5, 0.6) is 0 Å². The van der Waals surface area contributed by atoms with Crippen molar-refractivity contribution in [3.8, 4) is 0 Å². The van der Waals surface area contributed by atoms with E-state index in [9.17, 15) is 14.0 Å². The van der Waals surface area contributed by atoms with Gasteiger partial charge in [0, 0.05) is 25.8 Å². The van der Waals surface area contributed by atoms with E-state index in [0.29, 0.717) is 31.7 Å². The highest BCUT2D eigenvalue weighted by atomic mass is 19.1. The van der Waals surface area contributed by atoms with Gasteiger partial charge in [0.25, 0.3) is 0 Å². The maximum atomic E-state index is 13.6. The summed E-state index contributed by atoms with van der Waals surface area (Å²) in [5.74, 6) is 0.480. The number of carbonyl (C=O) groups is 2. The SMILES string of the molecule is CC=CCC(=O)N1C[C@@H](F)C[C@H]1CNC(=O)CC1CCCC1. The van der Waals surface area contributed by atoms with Gasteiger partial charge in [-0.05, 0) is 25.7 Å². The van der Waals surface area contributed by atoms with E-state index in [-0.39, 0.29) is 24.4 Å². The second kappa shape index (κ2) is 8.30. The number of nitrogens with zero attached hydrogens (tertiary/aromatic N) is 1. The standard InChI is InChI=1S/C17H27FN2O2/c1-2-3-8-17(22)20-12-14(18)10-15(20)11-19-16(21)9-13-6-4-5-7-13/h2-3,13-15H,4-12H2,1H3,(H,19,21)/t14-,15-/m0/s1. The normalized spacial score (nSPS) is 26.0. The number of allylic oxidation sites excluding steroid dienone is 1. The maximum absolute atomic E-state index is 13.6. The van der Waals surface area contributed by atoms with Gasteiger partial charge in [0.2, 0.25) is 11.8 Å². The minimum atomic E-state index is -0.980. The van der Waals surface area contributed by atoms with E-state index < -0.39 is 6.17 Å². The highest BCUT2D eigenvalue weighted by molar-refractivity contribution is 5.79. The molecule has 0 bridgehead atoms. The van der Waals surface area contributed by atoms with Crippen molar-refractivity contribution in [1.82, 2.24) is 10.2 Å². The average Bonchev–Trinajstić information content (AvgIpc) is 3.12. The lowest BCUT2D eigenvalue weighted by Crippen LogP contribution is -2.43.